The third kappa shape index (κ3) is 1.78. The molecule has 2 rings (SSSR count). The molecule has 2 aromatic heterocycles. The summed E-state index contributed by atoms with van der Waals surface area (Å²) in [6.07, 6.45) is 3.44. The first-order valence-electron chi connectivity index (χ1n) is 4.51. The zero-order valence-corrected chi connectivity index (χ0v) is 9.04. The average Bonchev–Trinajstić information content (AvgIpc) is 2.59. The van der Waals surface area contributed by atoms with Gasteiger partial charge in [-0.05, 0) is 19.1 Å². The van der Waals surface area contributed by atoms with Gasteiger partial charge < -0.3 is 0 Å². The van der Waals surface area contributed by atoms with Crippen molar-refractivity contribution in [1.82, 2.24) is 15.2 Å². The highest BCUT2D eigenvalue weighted by molar-refractivity contribution is 6.29. The van der Waals surface area contributed by atoms with Crippen LogP contribution in [0.1, 0.15) is 11.3 Å². The Bertz CT molecular complexity index is 502. The molecule has 3 nitrogen and oxygen atoms in total. The number of aryl methyl sites for hydroxylation is 1. The van der Waals surface area contributed by atoms with E-state index in [4.69, 9.17) is 11.6 Å². The van der Waals surface area contributed by atoms with Gasteiger partial charge in [-0.3, -0.25) is 5.10 Å². The van der Waals surface area contributed by atoms with Crippen LogP contribution in [-0.2, 0) is 0 Å². The molecule has 0 spiro atoms. The molecule has 1 N–H and O–H groups in total. The second-order valence-electron chi connectivity index (χ2n) is 3.18. The summed E-state index contributed by atoms with van der Waals surface area (Å²) in [6, 6.07) is 3.65. The number of rotatable bonds is 2. The summed E-state index contributed by atoms with van der Waals surface area (Å²) in [7, 11) is 0. The Morgan fingerprint density at radius 3 is 3.00 bits per heavy atom. The minimum atomic E-state index is 0.461. The molecular formula is C11H10ClN3. The van der Waals surface area contributed by atoms with Crippen LogP contribution in [0.2, 0.25) is 5.15 Å². The third-order valence-corrected chi connectivity index (χ3v) is 2.41. The number of halogens is 1. The van der Waals surface area contributed by atoms with Crippen molar-refractivity contribution < 1.29 is 0 Å². The fraction of sp³-hybridized carbons (Fsp3) is 0.0909. The van der Waals surface area contributed by atoms with Gasteiger partial charge in [-0.15, -0.1) is 0 Å². The third-order valence-electron chi connectivity index (χ3n) is 2.20. The van der Waals surface area contributed by atoms with E-state index >= 15 is 0 Å². The predicted molar refractivity (Wildman–Crippen MR) is 61.7 cm³/mol. The smallest absolute Gasteiger partial charge is 0.129 e. The normalized spacial score (nSPS) is 10.3. The largest absolute Gasteiger partial charge is 0.282 e. The fourth-order valence-corrected chi connectivity index (χ4v) is 1.63. The molecule has 2 heterocycles. The number of pyridine rings is 1. The van der Waals surface area contributed by atoms with Gasteiger partial charge in [0.05, 0.1) is 5.69 Å². The molecule has 0 saturated heterocycles. The van der Waals surface area contributed by atoms with E-state index in [0.29, 0.717) is 5.15 Å². The molecule has 0 aromatic carbocycles. The lowest BCUT2D eigenvalue weighted by molar-refractivity contribution is 1.05. The molecule has 0 radical (unpaired) electrons. The van der Waals surface area contributed by atoms with Gasteiger partial charge >= 0.3 is 0 Å². The Morgan fingerprint density at radius 2 is 2.33 bits per heavy atom. The minimum absolute atomic E-state index is 0.461. The topological polar surface area (TPSA) is 41.6 Å². The number of aromatic amines is 1. The van der Waals surface area contributed by atoms with Gasteiger partial charge in [0, 0.05) is 23.0 Å². The van der Waals surface area contributed by atoms with Crippen LogP contribution in [0.5, 0.6) is 0 Å². The molecule has 2 aromatic rings. The SMILES string of the molecule is C=Cc1c(-c2ccnc(Cl)c2)n[nH]c1C. The van der Waals surface area contributed by atoms with Crippen LogP contribution in [-0.4, -0.2) is 15.2 Å². The molecule has 4 heteroatoms. The number of hydrogen-bond donors (Lipinski definition) is 1. The first kappa shape index (κ1) is 9.93. The molecule has 0 aliphatic rings. The zero-order valence-electron chi connectivity index (χ0n) is 8.29. The van der Waals surface area contributed by atoms with Gasteiger partial charge in [-0.2, -0.15) is 5.10 Å². The van der Waals surface area contributed by atoms with Crippen molar-refractivity contribution >= 4 is 17.7 Å². The van der Waals surface area contributed by atoms with Crippen molar-refractivity contribution in [3.8, 4) is 11.3 Å². The summed E-state index contributed by atoms with van der Waals surface area (Å²) in [5.41, 5.74) is 3.78. The molecule has 15 heavy (non-hydrogen) atoms. The average molecular weight is 220 g/mol. The summed E-state index contributed by atoms with van der Waals surface area (Å²) in [5, 5.41) is 7.60. The summed E-state index contributed by atoms with van der Waals surface area (Å²) in [6.45, 7) is 5.72. The van der Waals surface area contributed by atoms with Crippen LogP contribution in [0.15, 0.2) is 24.9 Å². The van der Waals surface area contributed by atoms with E-state index in [0.717, 1.165) is 22.5 Å². The number of nitrogens with zero attached hydrogens (tertiary/aromatic N) is 2. The Kier molecular flexibility index (Phi) is 2.56. The molecule has 0 unspecified atom stereocenters. The van der Waals surface area contributed by atoms with Crippen molar-refractivity contribution in [1.29, 1.82) is 0 Å². The molecule has 0 aliphatic heterocycles. The molecule has 0 atom stereocenters. The van der Waals surface area contributed by atoms with Crippen molar-refractivity contribution in [2.75, 3.05) is 0 Å². The van der Waals surface area contributed by atoms with Crippen LogP contribution in [0.3, 0.4) is 0 Å². The lowest BCUT2D eigenvalue weighted by atomic mass is 10.1. The van der Waals surface area contributed by atoms with Gasteiger partial charge in [0.2, 0.25) is 0 Å². The monoisotopic (exact) mass is 219 g/mol. The van der Waals surface area contributed by atoms with Crippen LogP contribution in [0, 0.1) is 6.92 Å². The molecule has 0 amide bonds. The summed E-state index contributed by atoms with van der Waals surface area (Å²) in [5.74, 6) is 0. The maximum Gasteiger partial charge on any atom is 0.129 e. The van der Waals surface area contributed by atoms with Gasteiger partial charge in [0.1, 0.15) is 5.15 Å². The summed E-state index contributed by atoms with van der Waals surface area (Å²) < 4.78 is 0. The van der Waals surface area contributed by atoms with Gasteiger partial charge in [-0.25, -0.2) is 4.98 Å². The Hall–Kier alpha value is -1.61. The van der Waals surface area contributed by atoms with E-state index in [-0.39, 0.29) is 0 Å². The summed E-state index contributed by atoms with van der Waals surface area (Å²) >= 11 is 5.82. The molecule has 76 valence electrons. The van der Waals surface area contributed by atoms with Crippen molar-refractivity contribution in [3.05, 3.63) is 41.3 Å². The summed E-state index contributed by atoms with van der Waals surface area (Å²) in [4.78, 5) is 3.93. The molecule has 0 saturated carbocycles. The highest BCUT2D eigenvalue weighted by atomic mass is 35.5. The van der Waals surface area contributed by atoms with Crippen molar-refractivity contribution in [2.45, 2.75) is 6.92 Å². The Labute approximate surface area is 92.8 Å². The van der Waals surface area contributed by atoms with Crippen LogP contribution < -0.4 is 0 Å². The van der Waals surface area contributed by atoms with Gasteiger partial charge in [0.25, 0.3) is 0 Å². The van der Waals surface area contributed by atoms with Crippen molar-refractivity contribution in [2.24, 2.45) is 0 Å². The second kappa shape index (κ2) is 3.87. The molecule has 0 aliphatic carbocycles. The quantitative estimate of drug-likeness (QED) is 0.789. The zero-order chi connectivity index (χ0) is 10.8. The molecular weight excluding hydrogens is 210 g/mol. The standard InChI is InChI=1S/C11H10ClN3/c1-3-9-7(2)14-15-11(9)8-4-5-13-10(12)6-8/h3-6H,1H2,2H3,(H,14,15). The van der Waals surface area contributed by atoms with Crippen LogP contribution in [0.25, 0.3) is 17.3 Å². The van der Waals surface area contributed by atoms with E-state index in [1.165, 1.54) is 0 Å². The van der Waals surface area contributed by atoms with Crippen LogP contribution in [0.4, 0.5) is 0 Å². The predicted octanol–water partition coefficient (Wildman–Crippen LogP) is 3.08. The highest BCUT2D eigenvalue weighted by Gasteiger charge is 2.09. The minimum Gasteiger partial charge on any atom is -0.282 e. The van der Waals surface area contributed by atoms with E-state index in [9.17, 15) is 0 Å². The fourth-order valence-electron chi connectivity index (χ4n) is 1.46. The van der Waals surface area contributed by atoms with Gasteiger partial charge in [-0.1, -0.05) is 24.3 Å². The molecule has 0 fully saturated rings. The van der Waals surface area contributed by atoms with E-state index < -0.39 is 0 Å². The maximum atomic E-state index is 5.82. The second-order valence-corrected chi connectivity index (χ2v) is 3.57. The van der Waals surface area contributed by atoms with E-state index in [1.54, 1.807) is 18.3 Å². The lowest BCUT2D eigenvalue weighted by Crippen LogP contribution is -1.83. The van der Waals surface area contributed by atoms with Crippen LogP contribution >= 0.6 is 11.6 Å². The number of H-pyrrole nitrogens is 1. The first-order valence-corrected chi connectivity index (χ1v) is 4.89. The first-order chi connectivity index (χ1) is 7.22. The van der Waals surface area contributed by atoms with E-state index in [2.05, 4.69) is 21.8 Å². The Morgan fingerprint density at radius 1 is 1.53 bits per heavy atom. The number of nitrogens with one attached hydrogen (secondary N) is 1. The lowest BCUT2D eigenvalue weighted by Gasteiger charge is -1.99. The van der Waals surface area contributed by atoms with E-state index in [1.807, 2.05) is 13.0 Å². The maximum absolute atomic E-state index is 5.82. The highest BCUT2D eigenvalue weighted by Crippen LogP contribution is 2.25. The Balaban J connectivity index is 2.58. The van der Waals surface area contributed by atoms with Gasteiger partial charge in [0.15, 0.2) is 0 Å². The number of aromatic nitrogens is 3. The number of hydrogen-bond acceptors (Lipinski definition) is 2. The van der Waals surface area contributed by atoms with Crippen molar-refractivity contribution in [3.63, 3.8) is 0 Å². The molecule has 0 bridgehead atoms.